The second kappa shape index (κ2) is 7.11. The first kappa shape index (κ1) is 16.1. The molecule has 1 aliphatic heterocycles. The van der Waals surface area contributed by atoms with Crippen molar-refractivity contribution >= 4 is 29.3 Å². The van der Waals surface area contributed by atoms with E-state index in [1.165, 1.54) is 10.9 Å². The Bertz CT molecular complexity index is 570. The zero-order valence-electron chi connectivity index (χ0n) is 11.6. The highest BCUT2D eigenvalue weighted by Gasteiger charge is 2.22. The molecule has 2 heterocycles. The van der Waals surface area contributed by atoms with Gasteiger partial charge >= 0.3 is 6.09 Å². The topological polar surface area (TPSA) is 67.7 Å². The molecular formula is C12H16Cl2N4O3. The quantitative estimate of drug-likeness (QED) is 0.832. The van der Waals surface area contributed by atoms with E-state index in [-0.39, 0.29) is 16.1 Å². The fraction of sp³-hybridized carbons (Fsp3) is 0.583. The average molecular weight is 335 g/mol. The van der Waals surface area contributed by atoms with Gasteiger partial charge in [0.15, 0.2) is 0 Å². The molecule has 0 saturated carbocycles. The van der Waals surface area contributed by atoms with Crippen molar-refractivity contribution in [1.29, 1.82) is 0 Å². The van der Waals surface area contributed by atoms with Crippen molar-refractivity contribution in [1.82, 2.24) is 19.6 Å². The summed E-state index contributed by atoms with van der Waals surface area (Å²) in [5.41, 5.74) is -0.419. The summed E-state index contributed by atoms with van der Waals surface area (Å²) in [7, 11) is 0. The van der Waals surface area contributed by atoms with E-state index in [1.54, 1.807) is 11.8 Å². The number of aromatic nitrogens is 2. The van der Waals surface area contributed by atoms with Gasteiger partial charge in [0.05, 0.1) is 24.5 Å². The fourth-order valence-electron chi connectivity index (χ4n) is 2.02. The van der Waals surface area contributed by atoms with Crippen molar-refractivity contribution < 1.29 is 9.53 Å². The van der Waals surface area contributed by atoms with E-state index < -0.39 is 5.56 Å². The first-order valence-electron chi connectivity index (χ1n) is 6.58. The largest absolute Gasteiger partial charge is 0.450 e. The van der Waals surface area contributed by atoms with Crippen LogP contribution in [0.15, 0.2) is 11.0 Å². The molecule has 0 spiro atoms. The van der Waals surface area contributed by atoms with Crippen LogP contribution < -0.4 is 5.56 Å². The smallest absolute Gasteiger partial charge is 0.409 e. The standard InChI is InChI=1S/C12H16Cl2N4O3/c1-2-21-12(20)17-5-3-16(4-6-17)8-18-11(19)10(14)9(13)7-15-18/h7H,2-6,8H2,1H3. The maximum absolute atomic E-state index is 11.9. The molecule has 0 N–H and O–H groups in total. The predicted molar refractivity (Wildman–Crippen MR) is 78.7 cm³/mol. The lowest BCUT2D eigenvalue weighted by Gasteiger charge is -2.33. The maximum atomic E-state index is 11.9. The normalized spacial score (nSPS) is 16.0. The second-order valence-electron chi connectivity index (χ2n) is 4.56. The highest BCUT2D eigenvalue weighted by molar-refractivity contribution is 6.41. The van der Waals surface area contributed by atoms with Gasteiger partial charge in [0, 0.05) is 26.2 Å². The molecule has 1 amide bonds. The zero-order valence-corrected chi connectivity index (χ0v) is 13.1. The van der Waals surface area contributed by atoms with Crippen LogP contribution in [0.1, 0.15) is 6.92 Å². The van der Waals surface area contributed by atoms with Crippen molar-refractivity contribution in [2.24, 2.45) is 0 Å². The molecule has 1 saturated heterocycles. The summed E-state index contributed by atoms with van der Waals surface area (Å²) in [6.45, 7) is 4.81. The van der Waals surface area contributed by atoms with Gasteiger partial charge in [0.2, 0.25) is 0 Å². The Morgan fingerprint density at radius 3 is 2.62 bits per heavy atom. The molecule has 1 aromatic rings. The lowest BCUT2D eigenvalue weighted by molar-refractivity contribution is 0.0686. The van der Waals surface area contributed by atoms with E-state index >= 15 is 0 Å². The molecule has 1 fully saturated rings. The predicted octanol–water partition coefficient (Wildman–Crippen LogP) is 1.28. The summed E-state index contributed by atoms with van der Waals surface area (Å²) in [6, 6.07) is 0. The van der Waals surface area contributed by atoms with Crippen LogP contribution in [0.4, 0.5) is 4.79 Å². The molecule has 9 heteroatoms. The number of nitrogens with zero attached hydrogens (tertiary/aromatic N) is 4. The number of carbonyl (C=O) groups is 1. The molecule has 7 nitrogen and oxygen atoms in total. The summed E-state index contributed by atoms with van der Waals surface area (Å²) in [6.07, 6.45) is 1.04. The Labute approximate surface area is 132 Å². The van der Waals surface area contributed by atoms with Crippen molar-refractivity contribution in [3.05, 3.63) is 26.6 Å². The van der Waals surface area contributed by atoms with Gasteiger partial charge in [-0.15, -0.1) is 0 Å². The van der Waals surface area contributed by atoms with Gasteiger partial charge in [-0.25, -0.2) is 9.48 Å². The lowest BCUT2D eigenvalue weighted by atomic mass is 10.3. The summed E-state index contributed by atoms with van der Waals surface area (Å²) in [5.74, 6) is 0. The Morgan fingerprint density at radius 2 is 2.00 bits per heavy atom. The highest BCUT2D eigenvalue weighted by atomic mass is 35.5. The van der Waals surface area contributed by atoms with Gasteiger partial charge in [0.25, 0.3) is 5.56 Å². The Hall–Kier alpha value is -1.31. The molecule has 21 heavy (non-hydrogen) atoms. The van der Waals surface area contributed by atoms with E-state index in [4.69, 9.17) is 27.9 Å². The summed E-state index contributed by atoms with van der Waals surface area (Å²) in [5, 5.41) is 4.07. The van der Waals surface area contributed by atoms with Crippen LogP contribution in [0, 0.1) is 0 Å². The van der Waals surface area contributed by atoms with E-state index in [2.05, 4.69) is 5.10 Å². The van der Waals surface area contributed by atoms with E-state index in [0.717, 1.165) is 0 Å². The molecular weight excluding hydrogens is 319 g/mol. The van der Waals surface area contributed by atoms with Crippen LogP contribution in [0.25, 0.3) is 0 Å². The molecule has 116 valence electrons. The number of amides is 1. The SMILES string of the molecule is CCOC(=O)N1CCN(Cn2ncc(Cl)c(Cl)c2=O)CC1. The van der Waals surface area contributed by atoms with Crippen molar-refractivity contribution in [3.63, 3.8) is 0 Å². The van der Waals surface area contributed by atoms with Crippen LogP contribution in [0.3, 0.4) is 0 Å². The zero-order chi connectivity index (χ0) is 15.4. The molecule has 0 aromatic carbocycles. The van der Waals surface area contributed by atoms with Crippen LogP contribution >= 0.6 is 23.2 Å². The molecule has 2 rings (SSSR count). The number of halogens is 2. The minimum atomic E-state index is -0.419. The number of ether oxygens (including phenoxy) is 1. The first-order chi connectivity index (χ1) is 10.0. The van der Waals surface area contributed by atoms with Gasteiger partial charge in [-0.1, -0.05) is 23.2 Å². The van der Waals surface area contributed by atoms with Crippen molar-refractivity contribution in [3.8, 4) is 0 Å². The summed E-state index contributed by atoms with van der Waals surface area (Å²) < 4.78 is 6.21. The van der Waals surface area contributed by atoms with Gasteiger partial charge in [0.1, 0.15) is 5.02 Å². The molecule has 1 aromatic heterocycles. The minimum absolute atomic E-state index is 0.0307. The Morgan fingerprint density at radius 1 is 1.33 bits per heavy atom. The molecule has 0 radical (unpaired) electrons. The second-order valence-corrected chi connectivity index (χ2v) is 5.34. The Kier molecular flexibility index (Phi) is 5.44. The third-order valence-electron chi connectivity index (χ3n) is 3.17. The van der Waals surface area contributed by atoms with Gasteiger partial charge < -0.3 is 9.64 Å². The van der Waals surface area contributed by atoms with Crippen LogP contribution in [-0.4, -0.2) is 58.5 Å². The number of hydrogen-bond acceptors (Lipinski definition) is 5. The molecule has 0 bridgehead atoms. The lowest BCUT2D eigenvalue weighted by Crippen LogP contribution is -2.50. The monoisotopic (exact) mass is 334 g/mol. The van der Waals surface area contributed by atoms with E-state index in [9.17, 15) is 9.59 Å². The molecule has 0 unspecified atom stereocenters. The van der Waals surface area contributed by atoms with Crippen LogP contribution in [-0.2, 0) is 11.4 Å². The van der Waals surface area contributed by atoms with Gasteiger partial charge in [-0.05, 0) is 6.92 Å². The fourth-order valence-corrected chi connectivity index (χ4v) is 2.29. The van der Waals surface area contributed by atoms with Gasteiger partial charge in [-0.3, -0.25) is 9.69 Å². The van der Waals surface area contributed by atoms with Gasteiger partial charge in [-0.2, -0.15) is 5.10 Å². The maximum Gasteiger partial charge on any atom is 0.409 e. The summed E-state index contributed by atoms with van der Waals surface area (Å²) in [4.78, 5) is 27.1. The average Bonchev–Trinajstić information content (AvgIpc) is 2.49. The number of rotatable bonds is 3. The number of piperazine rings is 1. The highest BCUT2D eigenvalue weighted by Crippen LogP contribution is 2.14. The summed E-state index contributed by atoms with van der Waals surface area (Å²) >= 11 is 11.5. The Balaban J connectivity index is 1.94. The molecule has 0 atom stereocenters. The van der Waals surface area contributed by atoms with E-state index in [0.29, 0.717) is 39.5 Å². The third kappa shape index (κ3) is 3.87. The van der Waals surface area contributed by atoms with Crippen LogP contribution in [0.5, 0.6) is 0 Å². The van der Waals surface area contributed by atoms with E-state index in [1.807, 2.05) is 4.90 Å². The van der Waals surface area contributed by atoms with Crippen molar-refractivity contribution in [2.75, 3.05) is 32.8 Å². The molecule has 1 aliphatic rings. The first-order valence-corrected chi connectivity index (χ1v) is 7.33. The number of hydrogen-bond donors (Lipinski definition) is 0. The van der Waals surface area contributed by atoms with Crippen LogP contribution in [0.2, 0.25) is 10.0 Å². The number of carbonyl (C=O) groups excluding carboxylic acids is 1. The third-order valence-corrected chi connectivity index (χ3v) is 3.92. The minimum Gasteiger partial charge on any atom is -0.450 e. The van der Waals surface area contributed by atoms with Crippen molar-refractivity contribution in [2.45, 2.75) is 13.6 Å². The molecule has 0 aliphatic carbocycles.